The van der Waals surface area contributed by atoms with Crippen LogP contribution in [-0.2, 0) is 16.2 Å². The first-order valence-electron chi connectivity index (χ1n) is 19.0. The minimum atomic E-state index is -0.266. The highest BCUT2D eigenvalue weighted by atomic mass is 15.2. The fourth-order valence-corrected chi connectivity index (χ4v) is 9.60. The lowest BCUT2D eigenvalue weighted by molar-refractivity contribution is 0.587. The zero-order valence-electron chi connectivity index (χ0n) is 32.0. The van der Waals surface area contributed by atoms with Gasteiger partial charge < -0.3 is 4.90 Å². The highest BCUT2D eigenvalue weighted by Crippen LogP contribution is 2.66. The fourth-order valence-electron chi connectivity index (χ4n) is 9.60. The lowest BCUT2D eigenvalue weighted by atomic mass is 9.70. The van der Waals surface area contributed by atoms with E-state index < -0.39 is 0 Å². The van der Waals surface area contributed by atoms with Crippen LogP contribution >= 0.6 is 0 Å². The second kappa shape index (κ2) is 11.9. The highest BCUT2D eigenvalue weighted by molar-refractivity contribution is 6.04. The molecule has 260 valence electrons. The number of hydrogen-bond donors (Lipinski definition) is 0. The Morgan fingerprint density at radius 1 is 0.434 bits per heavy atom. The van der Waals surface area contributed by atoms with Gasteiger partial charge >= 0.3 is 0 Å². The second-order valence-corrected chi connectivity index (χ2v) is 16.9. The van der Waals surface area contributed by atoms with E-state index in [4.69, 9.17) is 0 Å². The van der Waals surface area contributed by atoms with Crippen molar-refractivity contribution in [2.75, 3.05) is 4.90 Å². The molecular formula is C52H47N. The average molecular weight is 686 g/mol. The van der Waals surface area contributed by atoms with E-state index in [9.17, 15) is 0 Å². The molecule has 0 fully saturated rings. The first-order valence-corrected chi connectivity index (χ1v) is 19.0. The molecule has 0 heterocycles. The Morgan fingerprint density at radius 2 is 0.887 bits per heavy atom. The third kappa shape index (κ3) is 4.97. The van der Waals surface area contributed by atoms with Crippen LogP contribution in [0, 0.1) is 0 Å². The van der Waals surface area contributed by atoms with Crippen LogP contribution in [0.1, 0.15) is 76.3 Å². The predicted molar refractivity (Wildman–Crippen MR) is 226 cm³/mol. The number of hydrogen-bond acceptors (Lipinski definition) is 1. The summed E-state index contributed by atoms with van der Waals surface area (Å²) in [6.07, 6.45) is 0. The zero-order chi connectivity index (χ0) is 36.7. The first-order chi connectivity index (χ1) is 25.5. The van der Waals surface area contributed by atoms with E-state index in [0.29, 0.717) is 0 Å². The van der Waals surface area contributed by atoms with Crippen LogP contribution < -0.4 is 4.90 Å². The molecule has 0 atom stereocenters. The van der Waals surface area contributed by atoms with E-state index in [2.05, 4.69) is 211 Å². The Labute approximate surface area is 315 Å². The molecule has 0 amide bonds. The molecule has 0 aromatic heterocycles. The lowest BCUT2D eigenvalue weighted by Crippen LogP contribution is -2.28. The zero-order valence-corrected chi connectivity index (χ0v) is 32.0. The molecule has 0 unspecified atom stereocenters. The largest absolute Gasteiger partial charge is 0.309 e. The number of anilines is 3. The minimum Gasteiger partial charge on any atom is -0.309 e. The van der Waals surface area contributed by atoms with Crippen LogP contribution in [0.2, 0.25) is 0 Å². The van der Waals surface area contributed by atoms with E-state index in [0.717, 1.165) is 5.69 Å². The number of fused-ring (bicyclic) bond motifs is 6. The van der Waals surface area contributed by atoms with Crippen LogP contribution in [-0.4, -0.2) is 0 Å². The maximum Gasteiger partial charge on any atom is 0.0556 e. The molecule has 53 heavy (non-hydrogen) atoms. The van der Waals surface area contributed by atoms with Gasteiger partial charge in [0.05, 0.1) is 11.4 Å². The van der Waals surface area contributed by atoms with Gasteiger partial charge in [-0.1, -0.05) is 188 Å². The molecule has 0 aliphatic heterocycles. The smallest absolute Gasteiger partial charge is 0.0556 e. The molecule has 1 nitrogen and oxygen atoms in total. The van der Waals surface area contributed by atoms with Crippen molar-refractivity contribution >= 4 is 17.1 Å². The summed E-state index contributed by atoms with van der Waals surface area (Å²) in [6, 6.07) is 58.3. The Bertz CT molecular complexity index is 2440. The number of benzene rings is 7. The molecule has 0 saturated heterocycles. The van der Waals surface area contributed by atoms with Gasteiger partial charge in [0.1, 0.15) is 0 Å². The van der Waals surface area contributed by atoms with E-state index in [1.165, 1.54) is 83.7 Å². The van der Waals surface area contributed by atoms with Crippen LogP contribution in [0.25, 0.3) is 44.5 Å². The Kier molecular flexibility index (Phi) is 7.48. The van der Waals surface area contributed by atoms with Crippen molar-refractivity contribution in [2.24, 2.45) is 0 Å². The molecular weight excluding hydrogens is 639 g/mol. The average Bonchev–Trinajstić information content (AvgIpc) is 3.55. The summed E-state index contributed by atoms with van der Waals surface area (Å²) in [4.78, 5) is 2.64. The first kappa shape index (κ1) is 33.2. The quantitative estimate of drug-likeness (QED) is 0.174. The van der Waals surface area contributed by atoms with E-state index in [1.807, 2.05) is 0 Å². The summed E-state index contributed by atoms with van der Waals surface area (Å²) in [5, 5.41) is 0. The summed E-state index contributed by atoms with van der Waals surface area (Å²) >= 11 is 0. The molecule has 7 aromatic carbocycles. The minimum absolute atomic E-state index is 0.117. The van der Waals surface area contributed by atoms with Gasteiger partial charge in [-0.05, 0) is 90.4 Å². The van der Waals surface area contributed by atoms with E-state index in [-0.39, 0.29) is 16.2 Å². The Hall–Kier alpha value is -5.66. The molecule has 7 aromatic rings. The molecule has 0 saturated carbocycles. The maximum absolute atomic E-state index is 2.64. The number of rotatable bonds is 5. The van der Waals surface area contributed by atoms with Crippen molar-refractivity contribution in [1.82, 2.24) is 0 Å². The van der Waals surface area contributed by atoms with Gasteiger partial charge in [0, 0.05) is 22.1 Å². The maximum atomic E-state index is 2.64. The van der Waals surface area contributed by atoms with Crippen molar-refractivity contribution in [1.29, 1.82) is 0 Å². The summed E-state index contributed by atoms with van der Waals surface area (Å²) in [5.41, 5.74) is 20.4. The van der Waals surface area contributed by atoms with Crippen LogP contribution in [0.4, 0.5) is 17.1 Å². The van der Waals surface area contributed by atoms with Crippen molar-refractivity contribution in [3.63, 3.8) is 0 Å². The van der Waals surface area contributed by atoms with Gasteiger partial charge in [-0.25, -0.2) is 0 Å². The lowest BCUT2D eigenvalue weighted by Gasteiger charge is -2.40. The van der Waals surface area contributed by atoms with Crippen molar-refractivity contribution in [2.45, 2.75) is 64.7 Å². The Morgan fingerprint density at radius 3 is 1.43 bits per heavy atom. The third-order valence-corrected chi connectivity index (χ3v) is 11.9. The van der Waals surface area contributed by atoms with Gasteiger partial charge in [0.2, 0.25) is 0 Å². The second-order valence-electron chi connectivity index (χ2n) is 16.9. The fraction of sp³-hybridized carbons (Fsp3) is 0.192. The monoisotopic (exact) mass is 685 g/mol. The van der Waals surface area contributed by atoms with Crippen molar-refractivity contribution in [3.8, 4) is 44.5 Å². The van der Waals surface area contributed by atoms with Gasteiger partial charge in [-0.2, -0.15) is 0 Å². The number of nitrogens with zero attached hydrogens (tertiary/aromatic N) is 1. The SMILES string of the molecule is CC(C)(C)c1c2c(c(N(c3cccc(-c4ccccc4)c3)c3ccccc3-c3ccccc3)c3c1-c1ccccc1C3(C)C)C(C)(C)c1ccccc1-2. The summed E-state index contributed by atoms with van der Waals surface area (Å²) in [6.45, 7) is 17.1. The Balaban J connectivity index is 1.50. The molecule has 0 spiro atoms. The van der Waals surface area contributed by atoms with Crippen LogP contribution in [0.5, 0.6) is 0 Å². The predicted octanol–water partition coefficient (Wildman–Crippen LogP) is 14.4. The standard InChI is InChI=1S/C52H47N/c1-50(2,3)46-44-39-28-14-17-30-41(39)51(4,5)47(44)49(48-45(46)40-29-15-18-31-42(40)52(48,6)7)53(37-26-20-25-36(33-37)34-21-10-8-11-22-34)43-32-19-16-27-38(43)35-23-12-9-13-24-35/h8-33H,1-7H3. The van der Waals surface area contributed by atoms with Crippen molar-refractivity contribution in [3.05, 3.63) is 186 Å². The molecule has 2 aliphatic rings. The van der Waals surface area contributed by atoms with E-state index >= 15 is 0 Å². The van der Waals surface area contributed by atoms with Gasteiger partial charge in [-0.15, -0.1) is 0 Å². The van der Waals surface area contributed by atoms with Crippen LogP contribution in [0.3, 0.4) is 0 Å². The number of para-hydroxylation sites is 1. The summed E-state index contributed by atoms with van der Waals surface area (Å²) in [7, 11) is 0. The molecule has 1 heteroatoms. The molecule has 0 radical (unpaired) electrons. The van der Waals surface area contributed by atoms with Gasteiger partial charge in [0.15, 0.2) is 0 Å². The highest BCUT2D eigenvalue weighted by Gasteiger charge is 2.50. The van der Waals surface area contributed by atoms with E-state index in [1.54, 1.807) is 0 Å². The molecule has 9 rings (SSSR count). The summed E-state index contributed by atoms with van der Waals surface area (Å²) < 4.78 is 0. The summed E-state index contributed by atoms with van der Waals surface area (Å²) in [5.74, 6) is 0. The molecule has 0 bridgehead atoms. The van der Waals surface area contributed by atoms with Crippen LogP contribution in [0.15, 0.2) is 158 Å². The topological polar surface area (TPSA) is 3.24 Å². The third-order valence-electron chi connectivity index (χ3n) is 11.9. The molecule has 0 N–H and O–H groups in total. The van der Waals surface area contributed by atoms with Gasteiger partial charge in [0.25, 0.3) is 0 Å². The van der Waals surface area contributed by atoms with Crippen molar-refractivity contribution < 1.29 is 0 Å². The normalized spacial score (nSPS) is 14.6. The van der Waals surface area contributed by atoms with Gasteiger partial charge in [-0.3, -0.25) is 0 Å². The molecule has 2 aliphatic carbocycles.